The highest BCUT2D eigenvalue weighted by Gasteiger charge is 2.34. The van der Waals surface area contributed by atoms with E-state index >= 15 is 0 Å². The molecule has 0 unspecified atom stereocenters. The summed E-state index contributed by atoms with van der Waals surface area (Å²) in [7, 11) is 1.20. The topological polar surface area (TPSA) is 65.5 Å². The Balaban J connectivity index is 3.05. The van der Waals surface area contributed by atoms with Crippen LogP contribution in [0.1, 0.15) is 32.4 Å². The molecule has 0 bridgehead atoms. The SMILES string of the molecule is COC(=O)[C@@H](C(=O)OC(C)(C)C)c1ccc(Cl)cn1. The van der Waals surface area contributed by atoms with Gasteiger partial charge in [-0.2, -0.15) is 0 Å². The molecule has 0 aliphatic carbocycles. The number of carbonyl (C=O) groups excluding carboxylic acids is 2. The predicted octanol–water partition coefficient (Wildman–Crippen LogP) is 2.33. The molecule has 0 aromatic carbocycles. The van der Waals surface area contributed by atoms with E-state index in [2.05, 4.69) is 9.72 Å². The zero-order valence-corrected chi connectivity index (χ0v) is 12.0. The van der Waals surface area contributed by atoms with Gasteiger partial charge in [-0.3, -0.25) is 14.6 Å². The van der Waals surface area contributed by atoms with Gasteiger partial charge in [-0.15, -0.1) is 0 Å². The Kier molecular flexibility index (Phi) is 4.89. The smallest absolute Gasteiger partial charge is 0.327 e. The molecule has 1 rings (SSSR count). The monoisotopic (exact) mass is 285 g/mol. The summed E-state index contributed by atoms with van der Waals surface area (Å²) in [6, 6.07) is 3.04. The molecule has 1 aromatic rings. The van der Waals surface area contributed by atoms with E-state index in [1.54, 1.807) is 26.8 Å². The number of nitrogens with zero attached hydrogens (tertiary/aromatic N) is 1. The van der Waals surface area contributed by atoms with Crippen molar-refractivity contribution >= 4 is 23.5 Å². The van der Waals surface area contributed by atoms with E-state index in [1.807, 2.05) is 0 Å². The van der Waals surface area contributed by atoms with Crippen molar-refractivity contribution in [1.29, 1.82) is 0 Å². The zero-order chi connectivity index (χ0) is 14.6. The minimum absolute atomic E-state index is 0.241. The minimum atomic E-state index is -1.21. The third kappa shape index (κ3) is 4.52. The van der Waals surface area contributed by atoms with E-state index in [4.69, 9.17) is 16.3 Å². The summed E-state index contributed by atoms with van der Waals surface area (Å²) in [5.41, 5.74) is -0.457. The lowest BCUT2D eigenvalue weighted by Crippen LogP contribution is -2.32. The van der Waals surface area contributed by atoms with Gasteiger partial charge in [0.2, 0.25) is 0 Å². The molecule has 0 radical (unpaired) electrons. The van der Waals surface area contributed by atoms with Gasteiger partial charge in [0.15, 0.2) is 5.92 Å². The van der Waals surface area contributed by atoms with Gasteiger partial charge in [0, 0.05) is 6.20 Å². The van der Waals surface area contributed by atoms with E-state index in [-0.39, 0.29) is 5.69 Å². The van der Waals surface area contributed by atoms with Crippen LogP contribution in [0.5, 0.6) is 0 Å². The van der Waals surface area contributed by atoms with E-state index in [1.165, 1.54) is 19.4 Å². The van der Waals surface area contributed by atoms with Gasteiger partial charge in [0.05, 0.1) is 17.8 Å². The Hall–Kier alpha value is -1.62. The summed E-state index contributed by atoms with van der Waals surface area (Å²) in [6.07, 6.45) is 1.36. The molecule has 0 amide bonds. The number of hydrogen-bond donors (Lipinski definition) is 0. The van der Waals surface area contributed by atoms with Crippen molar-refractivity contribution in [3.8, 4) is 0 Å². The fourth-order valence-corrected chi connectivity index (χ4v) is 1.49. The van der Waals surface area contributed by atoms with Crippen LogP contribution in [0.25, 0.3) is 0 Å². The summed E-state index contributed by atoms with van der Waals surface area (Å²) in [5, 5.41) is 0.413. The molecule has 1 heterocycles. The largest absolute Gasteiger partial charge is 0.468 e. The van der Waals surface area contributed by atoms with Gasteiger partial charge in [0.25, 0.3) is 0 Å². The fourth-order valence-electron chi connectivity index (χ4n) is 1.37. The normalized spacial score (nSPS) is 12.7. The van der Waals surface area contributed by atoms with Crippen LogP contribution >= 0.6 is 11.6 Å². The fraction of sp³-hybridized carbons (Fsp3) is 0.462. The minimum Gasteiger partial charge on any atom is -0.468 e. The van der Waals surface area contributed by atoms with Crippen LogP contribution in [0.15, 0.2) is 18.3 Å². The highest BCUT2D eigenvalue weighted by Crippen LogP contribution is 2.21. The van der Waals surface area contributed by atoms with Gasteiger partial charge < -0.3 is 9.47 Å². The molecule has 0 aliphatic heterocycles. The number of methoxy groups -OCH3 is 1. The van der Waals surface area contributed by atoms with Crippen molar-refractivity contribution in [2.45, 2.75) is 32.3 Å². The van der Waals surface area contributed by atoms with Crippen LogP contribution in [0.2, 0.25) is 5.02 Å². The number of esters is 2. The van der Waals surface area contributed by atoms with E-state index in [0.717, 1.165) is 0 Å². The lowest BCUT2D eigenvalue weighted by Gasteiger charge is -2.22. The maximum atomic E-state index is 12.0. The molecule has 19 heavy (non-hydrogen) atoms. The third-order valence-electron chi connectivity index (χ3n) is 2.13. The number of carbonyl (C=O) groups is 2. The lowest BCUT2D eigenvalue weighted by atomic mass is 10.0. The molecular weight excluding hydrogens is 270 g/mol. The first-order valence-electron chi connectivity index (χ1n) is 5.67. The number of ether oxygens (including phenoxy) is 2. The van der Waals surface area contributed by atoms with Gasteiger partial charge in [-0.1, -0.05) is 11.6 Å². The third-order valence-corrected chi connectivity index (χ3v) is 2.35. The van der Waals surface area contributed by atoms with E-state index < -0.39 is 23.5 Å². The zero-order valence-electron chi connectivity index (χ0n) is 11.3. The molecule has 0 saturated carbocycles. The highest BCUT2D eigenvalue weighted by molar-refractivity contribution is 6.30. The summed E-state index contributed by atoms with van der Waals surface area (Å²) in [6.45, 7) is 5.15. The average Bonchev–Trinajstić information content (AvgIpc) is 2.29. The van der Waals surface area contributed by atoms with Crippen LogP contribution in [-0.2, 0) is 19.1 Å². The number of halogens is 1. The number of rotatable bonds is 3. The molecule has 0 saturated heterocycles. The first kappa shape index (κ1) is 15.4. The average molecular weight is 286 g/mol. The van der Waals surface area contributed by atoms with Gasteiger partial charge in [-0.25, -0.2) is 0 Å². The summed E-state index contributed by atoms with van der Waals surface area (Å²) < 4.78 is 9.81. The molecule has 1 aromatic heterocycles. The lowest BCUT2D eigenvalue weighted by molar-refractivity contribution is -0.163. The molecule has 0 fully saturated rings. The molecule has 0 aliphatic rings. The van der Waals surface area contributed by atoms with Gasteiger partial charge in [-0.05, 0) is 32.9 Å². The Labute approximate surface area is 116 Å². The summed E-state index contributed by atoms with van der Waals surface area (Å²) in [5.74, 6) is -2.63. The molecule has 0 N–H and O–H groups in total. The molecule has 0 spiro atoms. The summed E-state index contributed by atoms with van der Waals surface area (Å²) >= 11 is 5.72. The Morgan fingerprint density at radius 1 is 1.26 bits per heavy atom. The molecule has 104 valence electrons. The first-order valence-corrected chi connectivity index (χ1v) is 6.04. The van der Waals surface area contributed by atoms with Crippen molar-refractivity contribution in [2.24, 2.45) is 0 Å². The second kappa shape index (κ2) is 6.02. The Bertz CT molecular complexity index is 465. The van der Waals surface area contributed by atoms with Crippen molar-refractivity contribution in [1.82, 2.24) is 4.98 Å². The van der Waals surface area contributed by atoms with Crippen LogP contribution in [0.4, 0.5) is 0 Å². The quantitative estimate of drug-likeness (QED) is 0.630. The second-order valence-corrected chi connectivity index (χ2v) is 5.33. The van der Waals surface area contributed by atoms with E-state index in [9.17, 15) is 9.59 Å². The van der Waals surface area contributed by atoms with Crippen molar-refractivity contribution in [3.05, 3.63) is 29.0 Å². The van der Waals surface area contributed by atoms with Crippen LogP contribution < -0.4 is 0 Å². The molecule has 1 atom stereocenters. The number of pyridine rings is 1. The maximum absolute atomic E-state index is 12.0. The Morgan fingerprint density at radius 2 is 1.89 bits per heavy atom. The maximum Gasteiger partial charge on any atom is 0.327 e. The van der Waals surface area contributed by atoms with Crippen molar-refractivity contribution in [2.75, 3.05) is 7.11 Å². The molecule has 6 heteroatoms. The Morgan fingerprint density at radius 3 is 2.32 bits per heavy atom. The van der Waals surface area contributed by atoms with Gasteiger partial charge >= 0.3 is 11.9 Å². The summed E-state index contributed by atoms with van der Waals surface area (Å²) in [4.78, 5) is 27.7. The first-order chi connectivity index (χ1) is 8.74. The van der Waals surface area contributed by atoms with Crippen LogP contribution in [0.3, 0.4) is 0 Å². The molecule has 5 nitrogen and oxygen atoms in total. The highest BCUT2D eigenvalue weighted by atomic mass is 35.5. The molecular formula is C13H16ClNO4. The second-order valence-electron chi connectivity index (χ2n) is 4.89. The van der Waals surface area contributed by atoms with Crippen LogP contribution in [-0.4, -0.2) is 29.6 Å². The van der Waals surface area contributed by atoms with Crippen molar-refractivity contribution in [3.63, 3.8) is 0 Å². The van der Waals surface area contributed by atoms with Crippen molar-refractivity contribution < 1.29 is 19.1 Å². The van der Waals surface area contributed by atoms with E-state index in [0.29, 0.717) is 5.02 Å². The van der Waals surface area contributed by atoms with Crippen LogP contribution in [0, 0.1) is 0 Å². The standard InChI is InChI=1S/C13H16ClNO4/c1-13(2,3)19-12(17)10(11(16)18-4)9-6-5-8(14)7-15-9/h5-7,10H,1-4H3/t10-/m0/s1. The number of aromatic nitrogens is 1. The predicted molar refractivity (Wildman–Crippen MR) is 69.8 cm³/mol. The number of hydrogen-bond acceptors (Lipinski definition) is 5. The van der Waals surface area contributed by atoms with Gasteiger partial charge in [0.1, 0.15) is 5.60 Å².